The van der Waals surface area contributed by atoms with Gasteiger partial charge in [-0.05, 0) is 53.8 Å². The second-order valence-corrected chi connectivity index (χ2v) is 6.06. The van der Waals surface area contributed by atoms with Crippen molar-refractivity contribution >= 4 is 5.69 Å². The van der Waals surface area contributed by atoms with Gasteiger partial charge in [0, 0.05) is 24.0 Å². The molecule has 0 fully saturated rings. The highest BCUT2D eigenvalue weighted by molar-refractivity contribution is 5.61. The van der Waals surface area contributed by atoms with Crippen molar-refractivity contribution in [2.45, 2.75) is 24.6 Å². The summed E-state index contributed by atoms with van der Waals surface area (Å²) in [4.78, 5) is 4.04. The SMILES string of the molecule is FC(F)(F)c1ccc2c(c1)[C@@H]1C=CC[C@H]1[C@@H](c1ccncc1)N2. The first-order valence-corrected chi connectivity index (χ1v) is 7.58. The minimum Gasteiger partial charge on any atom is -0.378 e. The lowest BCUT2D eigenvalue weighted by atomic mass is 9.77. The van der Waals surface area contributed by atoms with Gasteiger partial charge in [0.05, 0.1) is 11.6 Å². The van der Waals surface area contributed by atoms with E-state index in [1.54, 1.807) is 18.5 Å². The Morgan fingerprint density at radius 3 is 2.61 bits per heavy atom. The molecule has 2 nitrogen and oxygen atoms in total. The highest BCUT2D eigenvalue weighted by Crippen LogP contribution is 2.50. The van der Waals surface area contributed by atoms with Gasteiger partial charge >= 0.3 is 6.18 Å². The molecule has 2 aromatic rings. The number of pyridine rings is 1. The first-order chi connectivity index (χ1) is 11.0. The molecular weight excluding hydrogens is 301 g/mol. The molecule has 1 aliphatic heterocycles. The quantitative estimate of drug-likeness (QED) is 0.755. The summed E-state index contributed by atoms with van der Waals surface area (Å²) in [7, 11) is 0. The van der Waals surface area contributed by atoms with Crippen LogP contribution in [0.25, 0.3) is 0 Å². The van der Waals surface area contributed by atoms with E-state index in [4.69, 9.17) is 0 Å². The minimum atomic E-state index is -4.31. The number of halogens is 3. The van der Waals surface area contributed by atoms with E-state index in [9.17, 15) is 13.2 Å². The van der Waals surface area contributed by atoms with E-state index in [0.29, 0.717) is 0 Å². The van der Waals surface area contributed by atoms with Gasteiger partial charge < -0.3 is 5.32 Å². The van der Waals surface area contributed by atoms with Gasteiger partial charge in [-0.1, -0.05) is 12.2 Å². The molecule has 5 heteroatoms. The maximum Gasteiger partial charge on any atom is 0.416 e. The van der Waals surface area contributed by atoms with Crippen LogP contribution < -0.4 is 5.32 Å². The highest BCUT2D eigenvalue weighted by atomic mass is 19.4. The van der Waals surface area contributed by atoms with Crippen molar-refractivity contribution in [2.24, 2.45) is 5.92 Å². The van der Waals surface area contributed by atoms with E-state index in [2.05, 4.69) is 16.4 Å². The van der Waals surface area contributed by atoms with Crippen molar-refractivity contribution in [2.75, 3.05) is 5.32 Å². The van der Waals surface area contributed by atoms with E-state index in [1.165, 1.54) is 6.07 Å². The molecular formula is C18H15F3N2. The first-order valence-electron chi connectivity index (χ1n) is 7.58. The maximum atomic E-state index is 13.0. The topological polar surface area (TPSA) is 24.9 Å². The lowest BCUT2D eigenvalue weighted by Crippen LogP contribution is -2.29. The molecule has 0 saturated carbocycles. The third-order valence-corrected chi connectivity index (χ3v) is 4.76. The summed E-state index contributed by atoms with van der Waals surface area (Å²) >= 11 is 0. The number of hydrogen-bond acceptors (Lipinski definition) is 2. The Bertz CT molecular complexity index is 753. The van der Waals surface area contributed by atoms with E-state index < -0.39 is 11.7 Å². The van der Waals surface area contributed by atoms with Gasteiger partial charge in [-0.3, -0.25) is 4.98 Å². The van der Waals surface area contributed by atoms with Crippen LogP contribution in [0.15, 0.2) is 54.9 Å². The normalized spacial score (nSPS) is 25.6. The number of hydrogen-bond donors (Lipinski definition) is 1. The van der Waals surface area contributed by atoms with Crippen molar-refractivity contribution in [1.29, 1.82) is 0 Å². The molecule has 2 aliphatic rings. The van der Waals surface area contributed by atoms with E-state index >= 15 is 0 Å². The van der Waals surface area contributed by atoms with Gasteiger partial charge in [0.15, 0.2) is 0 Å². The number of alkyl halides is 3. The molecule has 0 radical (unpaired) electrons. The summed E-state index contributed by atoms with van der Waals surface area (Å²) in [5, 5.41) is 3.43. The van der Waals surface area contributed by atoms with Crippen LogP contribution in [0.5, 0.6) is 0 Å². The molecule has 2 heterocycles. The third kappa shape index (κ3) is 2.40. The van der Waals surface area contributed by atoms with Gasteiger partial charge in [-0.2, -0.15) is 13.2 Å². The maximum absolute atomic E-state index is 13.0. The zero-order valence-corrected chi connectivity index (χ0v) is 12.2. The number of allylic oxidation sites excluding steroid dienone is 2. The smallest absolute Gasteiger partial charge is 0.378 e. The molecule has 0 spiro atoms. The minimum absolute atomic E-state index is 0.0201. The van der Waals surface area contributed by atoms with Gasteiger partial charge in [0.25, 0.3) is 0 Å². The molecule has 1 aromatic heterocycles. The van der Waals surface area contributed by atoms with Crippen molar-refractivity contribution < 1.29 is 13.2 Å². The Kier molecular flexibility index (Phi) is 3.18. The van der Waals surface area contributed by atoms with Crippen molar-refractivity contribution in [3.05, 3.63) is 71.6 Å². The number of fused-ring (bicyclic) bond motifs is 3. The van der Waals surface area contributed by atoms with Crippen LogP contribution in [0.4, 0.5) is 18.9 Å². The Morgan fingerprint density at radius 1 is 1.09 bits per heavy atom. The Morgan fingerprint density at radius 2 is 1.87 bits per heavy atom. The molecule has 1 N–H and O–H groups in total. The lowest BCUT2D eigenvalue weighted by Gasteiger charge is -2.37. The fraction of sp³-hybridized carbons (Fsp3) is 0.278. The molecule has 0 unspecified atom stereocenters. The number of benzene rings is 1. The zero-order valence-electron chi connectivity index (χ0n) is 12.2. The lowest BCUT2D eigenvalue weighted by molar-refractivity contribution is -0.137. The summed E-state index contributed by atoms with van der Waals surface area (Å²) < 4.78 is 39.0. The predicted molar refractivity (Wildman–Crippen MR) is 82.0 cm³/mol. The number of nitrogens with zero attached hydrogens (tertiary/aromatic N) is 1. The summed E-state index contributed by atoms with van der Waals surface area (Å²) in [6, 6.07) is 7.99. The molecule has 1 aliphatic carbocycles. The molecule has 0 saturated heterocycles. The summed E-state index contributed by atoms with van der Waals surface area (Å²) in [5.41, 5.74) is 2.06. The molecule has 0 bridgehead atoms. The average Bonchev–Trinajstić information content (AvgIpc) is 3.03. The number of rotatable bonds is 1. The second kappa shape index (κ2) is 5.11. The molecule has 1 aromatic carbocycles. The summed E-state index contributed by atoms with van der Waals surface area (Å²) in [6.07, 6.45) is 4.15. The highest BCUT2D eigenvalue weighted by Gasteiger charge is 2.39. The van der Waals surface area contributed by atoms with Crippen molar-refractivity contribution in [1.82, 2.24) is 4.98 Å². The zero-order chi connectivity index (χ0) is 16.0. The standard InChI is InChI=1S/C18H15F3N2/c19-18(20,21)12-4-5-16-15(10-12)13-2-1-3-14(13)17(23-16)11-6-8-22-9-7-11/h1-2,4-10,13-14,17,23H,3H2/t13-,14-,17-/m1/s1. The first kappa shape index (κ1) is 14.3. The average molecular weight is 316 g/mol. The molecule has 0 amide bonds. The van der Waals surface area contributed by atoms with Crippen molar-refractivity contribution in [3.8, 4) is 0 Å². The largest absolute Gasteiger partial charge is 0.416 e. The van der Waals surface area contributed by atoms with Crippen LogP contribution in [0.3, 0.4) is 0 Å². The van der Waals surface area contributed by atoms with E-state index in [-0.39, 0.29) is 17.9 Å². The van der Waals surface area contributed by atoms with Crippen LogP contribution in [0.2, 0.25) is 0 Å². The number of nitrogens with one attached hydrogen (secondary N) is 1. The summed E-state index contributed by atoms with van der Waals surface area (Å²) in [5.74, 6) is 0.250. The van der Waals surface area contributed by atoms with Crippen molar-refractivity contribution in [3.63, 3.8) is 0 Å². The number of aromatic nitrogens is 1. The van der Waals surface area contributed by atoms with Crippen LogP contribution >= 0.6 is 0 Å². The molecule has 4 rings (SSSR count). The fourth-order valence-electron chi connectivity index (χ4n) is 3.67. The van der Waals surface area contributed by atoms with Gasteiger partial charge in [-0.25, -0.2) is 0 Å². The fourth-order valence-corrected chi connectivity index (χ4v) is 3.67. The van der Waals surface area contributed by atoms with Crippen LogP contribution in [-0.4, -0.2) is 4.98 Å². The monoisotopic (exact) mass is 316 g/mol. The van der Waals surface area contributed by atoms with Gasteiger partial charge in [-0.15, -0.1) is 0 Å². The predicted octanol–water partition coefficient (Wildman–Crippen LogP) is 4.93. The number of anilines is 1. The van der Waals surface area contributed by atoms with E-state index in [1.807, 2.05) is 18.2 Å². The summed E-state index contributed by atoms with van der Waals surface area (Å²) in [6.45, 7) is 0. The van der Waals surface area contributed by atoms with E-state index in [0.717, 1.165) is 29.3 Å². The van der Waals surface area contributed by atoms with Gasteiger partial charge in [0.1, 0.15) is 0 Å². The van der Waals surface area contributed by atoms with Crippen LogP contribution in [-0.2, 0) is 6.18 Å². The Balaban J connectivity index is 1.78. The Labute approximate surface area is 132 Å². The Hall–Kier alpha value is -2.30. The van der Waals surface area contributed by atoms with Crippen LogP contribution in [0.1, 0.15) is 35.1 Å². The second-order valence-electron chi connectivity index (χ2n) is 6.06. The molecule has 3 atom stereocenters. The van der Waals surface area contributed by atoms with Crippen LogP contribution in [0, 0.1) is 5.92 Å². The third-order valence-electron chi connectivity index (χ3n) is 4.76. The molecule has 118 valence electrons. The van der Waals surface area contributed by atoms with Gasteiger partial charge in [0.2, 0.25) is 0 Å². The molecule has 23 heavy (non-hydrogen) atoms.